The van der Waals surface area contributed by atoms with E-state index >= 15 is 0 Å². The van der Waals surface area contributed by atoms with Crippen LogP contribution in [0.3, 0.4) is 0 Å². The molecule has 0 unspecified atom stereocenters. The number of rotatable bonds is 5. The summed E-state index contributed by atoms with van der Waals surface area (Å²) in [5, 5.41) is 6.07. The number of ether oxygens (including phenoxy) is 1. The zero-order valence-corrected chi connectivity index (χ0v) is 16.1. The van der Waals surface area contributed by atoms with Crippen LogP contribution in [0.1, 0.15) is 15.2 Å². The molecule has 0 aliphatic carbocycles. The van der Waals surface area contributed by atoms with Crippen LogP contribution in [0.4, 0.5) is 10.1 Å². The lowest BCUT2D eigenvalue weighted by atomic mass is 10.2. The smallest absolute Gasteiger partial charge is 0.263 e. The van der Waals surface area contributed by atoms with Crippen LogP contribution < -0.4 is 15.4 Å². The van der Waals surface area contributed by atoms with Gasteiger partial charge in [-0.1, -0.05) is 17.7 Å². The molecular formula is C19H16ClFN2O3S. The van der Waals surface area contributed by atoms with Gasteiger partial charge in [0.2, 0.25) is 5.91 Å². The number of nitrogens with one attached hydrogen (secondary N) is 2. The Kier molecular flexibility index (Phi) is 5.62. The van der Waals surface area contributed by atoms with Crippen LogP contribution in [0.5, 0.6) is 5.75 Å². The summed E-state index contributed by atoms with van der Waals surface area (Å²) in [4.78, 5) is 24.8. The average molecular weight is 407 g/mol. The van der Waals surface area contributed by atoms with Crippen molar-refractivity contribution in [2.24, 2.45) is 0 Å². The summed E-state index contributed by atoms with van der Waals surface area (Å²) in [7, 11) is 1.51. The summed E-state index contributed by atoms with van der Waals surface area (Å²) < 4.78 is 19.1. The first-order chi connectivity index (χ1) is 12.9. The maximum atomic E-state index is 13.3. The molecule has 27 heavy (non-hydrogen) atoms. The number of carbonyl (C=O) groups excluding carboxylic acids is 2. The summed E-state index contributed by atoms with van der Waals surface area (Å²) in [5.74, 6) is -0.780. The maximum absolute atomic E-state index is 13.3. The van der Waals surface area contributed by atoms with Crippen molar-refractivity contribution >= 4 is 50.5 Å². The molecule has 8 heteroatoms. The van der Waals surface area contributed by atoms with E-state index in [4.69, 9.17) is 16.3 Å². The molecule has 0 saturated heterocycles. The molecule has 3 rings (SSSR count). The van der Waals surface area contributed by atoms with Gasteiger partial charge in [0, 0.05) is 10.1 Å². The van der Waals surface area contributed by atoms with E-state index in [0.717, 1.165) is 16.9 Å². The van der Waals surface area contributed by atoms with Gasteiger partial charge in [0.05, 0.1) is 24.4 Å². The van der Waals surface area contributed by atoms with Gasteiger partial charge >= 0.3 is 0 Å². The van der Waals surface area contributed by atoms with Gasteiger partial charge in [-0.25, -0.2) is 4.39 Å². The summed E-state index contributed by atoms with van der Waals surface area (Å²) in [6, 6.07) is 9.51. The number of carbonyl (C=O) groups is 2. The van der Waals surface area contributed by atoms with Crippen LogP contribution in [0.2, 0.25) is 5.02 Å². The number of hydrogen-bond donors (Lipinski definition) is 2. The summed E-state index contributed by atoms with van der Waals surface area (Å²) in [6.45, 7) is 1.65. The Hall–Kier alpha value is -2.64. The normalized spacial score (nSPS) is 10.7. The van der Waals surface area contributed by atoms with Crippen molar-refractivity contribution in [3.63, 3.8) is 0 Å². The molecule has 0 aliphatic heterocycles. The van der Waals surface area contributed by atoms with Crippen LogP contribution in [-0.4, -0.2) is 25.5 Å². The molecule has 0 radical (unpaired) electrons. The number of thiophene rings is 1. The van der Waals surface area contributed by atoms with Crippen LogP contribution in [0, 0.1) is 12.7 Å². The van der Waals surface area contributed by atoms with Gasteiger partial charge in [0.15, 0.2) is 0 Å². The molecule has 3 aromatic rings. The van der Waals surface area contributed by atoms with E-state index < -0.39 is 17.6 Å². The standard InChI is InChI=1S/C19H16ClFN2O3S/c1-10-3-6-14(26-2)13(7-10)23-16(24)9-22-19(25)18-17(20)12-5-4-11(21)8-15(12)27-18/h3-8H,9H2,1-2H3,(H,22,25)(H,23,24). The number of hydrogen-bond acceptors (Lipinski definition) is 4. The Balaban J connectivity index is 1.68. The molecule has 140 valence electrons. The summed E-state index contributed by atoms with van der Waals surface area (Å²) in [6.07, 6.45) is 0. The molecule has 0 bridgehead atoms. The molecule has 0 saturated carbocycles. The summed E-state index contributed by atoms with van der Waals surface area (Å²) >= 11 is 7.29. The number of amides is 2. The van der Waals surface area contributed by atoms with E-state index in [2.05, 4.69) is 10.6 Å². The minimum Gasteiger partial charge on any atom is -0.495 e. The predicted molar refractivity (Wildman–Crippen MR) is 105 cm³/mol. The maximum Gasteiger partial charge on any atom is 0.263 e. The van der Waals surface area contributed by atoms with E-state index in [1.165, 1.54) is 25.3 Å². The van der Waals surface area contributed by atoms with Crippen molar-refractivity contribution in [3.05, 3.63) is 57.7 Å². The molecular weight excluding hydrogens is 391 g/mol. The van der Waals surface area contributed by atoms with Crippen molar-refractivity contribution in [2.45, 2.75) is 6.92 Å². The highest BCUT2D eigenvalue weighted by atomic mass is 35.5. The van der Waals surface area contributed by atoms with E-state index in [1.807, 2.05) is 13.0 Å². The molecule has 2 aromatic carbocycles. The third-order valence-electron chi connectivity index (χ3n) is 3.84. The average Bonchev–Trinajstić information content (AvgIpc) is 2.96. The Labute approximate surface area is 164 Å². The molecule has 2 N–H and O–H groups in total. The quantitative estimate of drug-likeness (QED) is 0.660. The number of fused-ring (bicyclic) bond motifs is 1. The fourth-order valence-electron chi connectivity index (χ4n) is 2.54. The first kappa shape index (κ1) is 19.1. The molecule has 1 heterocycles. The Bertz CT molecular complexity index is 1040. The van der Waals surface area contributed by atoms with Gasteiger partial charge in [-0.15, -0.1) is 11.3 Å². The first-order valence-corrected chi connectivity index (χ1v) is 9.18. The van der Waals surface area contributed by atoms with Gasteiger partial charge in [-0.3, -0.25) is 9.59 Å². The van der Waals surface area contributed by atoms with Crippen LogP contribution in [-0.2, 0) is 4.79 Å². The lowest BCUT2D eigenvalue weighted by Gasteiger charge is -2.11. The van der Waals surface area contributed by atoms with Gasteiger partial charge in [0.25, 0.3) is 5.91 Å². The number of benzene rings is 2. The van der Waals surface area contributed by atoms with Crippen molar-refractivity contribution in [3.8, 4) is 5.75 Å². The lowest BCUT2D eigenvalue weighted by molar-refractivity contribution is -0.115. The second kappa shape index (κ2) is 7.94. The van der Waals surface area contributed by atoms with Crippen LogP contribution >= 0.6 is 22.9 Å². The van der Waals surface area contributed by atoms with Crippen molar-refractivity contribution in [2.75, 3.05) is 19.0 Å². The third-order valence-corrected chi connectivity index (χ3v) is 5.49. The predicted octanol–water partition coefficient (Wildman–Crippen LogP) is 4.38. The monoisotopic (exact) mass is 406 g/mol. The fraction of sp³-hybridized carbons (Fsp3) is 0.158. The zero-order chi connectivity index (χ0) is 19.6. The molecule has 0 spiro atoms. The molecule has 2 amide bonds. The van der Waals surface area contributed by atoms with Gasteiger partial charge < -0.3 is 15.4 Å². The fourth-order valence-corrected chi connectivity index (χ4v) is 4.00. The Morgan fingerprint density at radius 2 is 2.00 bits per heavy atom. The van der Waals surface area contributed by atoms with Crippen molar-refractivity contribution < 1.29 is 18.7 Å². The molecule has 0 aliphatic rings. The highest BCUT2D eigenvalue weighted by Gasteiger charge is 2.18. The van der Waals surface area contributed by atoms with Crippen LogP contribution in [0.15, 0.2) is 36.4 Å². The third kappa shape index (κ3) is 4.20. The second-order valence-electron chi connectivity index (χ2n) is 5.82. The van der Waals surface area contributed by atoms with E-state index in [9.17, 15) is 14.0 Å². The van der Waals surface area contributed by atoms with E-state index in [-0.39, 0.29) is 16.4 Å². The highest BCUT2D eigenvalue weighted by molar-refractivity contribution is 7.21. The second-order valence-corrected chi connectivity index (χ2v) is 7.25. The molecule has 0 fully saturated rings. The molecule has 0 atom stereocenters. The molecule has 5 nitrogen and oxygen atoms in total. The van der Waals surface area contributed by atoms with Crippen molar-refractivity contribution in [1.82, 2.24) is 5.32 Å². The van der Waals surface area contributed by atoms with Crippen molar-refractivity contribution in [1.29, 1.82) is 0 Å². The number of anilines is 1. The topological polar surface area (TPSA) is 67.4 Å². The number of methoxy groups -OCH3 is 1. The van der Waals surface area contributed by atoms with Gasteiger partial charge in [-0.05, 0) is 42.8 Å². The van der Waals surface area contributed by atoms with Gasteiger partial charge in [0.1, 0.15) is 16.4 Å². The van der Waals surface area contributed by atoms with Gasteiger partial charge in [-0.2, -0.15) is 0 Å². The Morgan fingerprint density at radius 3 is 2.74 bits per heavy atom. The lowest BCUT2D eigenvalue weighted by Crippen LogP contribution is -2.32. The number of halogens is 2. The number of aryl methyl sites for hydroxylation is 1. The summed E-state index contributed by atoms with van der Waals surface area (Å²) in [5.41, 5.74) is 1.48. The first-order valence-electron chi connectivity index (χ1n) is 7.99. The minimum atomic E-state index is -0.493. The SMILES string of the molecule is COc1ccc(C)cc1NC(=O)CNC(=O)c1sc2cc(F)ccc2c1Cl. The largest absolute Gasteiger partial charge is 0.495 e. The Morgan fingerprint density at radius 1 is 1.22 bits per heavy atom. The zero-order valence-electron chi connectivity index (χ0n) is 14.6. The minimum absolute atomic E-state index is 0.234. The highest BCUT2D eigenvalue weighted by Crippen LogP contribution is 2.35. The van der Waals surface area contributed by atoms with E-state index in [0.29, 0.717) is 21.5 Å². The van der Waals surface area contributed by atoms with Crippen LogP contribution in [0.25, 0.3) is 10.1 Å². The molecule has 1 aromatic heterocycles. The van der Waals surface area contributed by atoms with E-state index in [1.54, 1.807) is 12.1 Å².